The maximum absolute atomic E-state index is 12.8. The molecule has 0 aromatic heterocycles. The Morgan fingerprint density at radius 1 is 1.21 bits per heavy atom. The SMILES string of the molecule is CCOC(=O)c1cccc(N=C[C@H]2C(=O)NC(=O)N(c3ccc(Cl)cc3)C2=O)c1. The third-order valence-electron chi connectivity index (χ3n) is 4.02. The van der Waals surface area contributed by atoms with E-state index in [-0.39, 0.29) is 12.3 Å². The lowest BCUT2D eigenvalue weighted by molar-refractivity contribution is -0.131. The number of urea groups is 1. The summed E-state index contributed by atoms with van der Waals surface area (Å²) >= 11 is 5.84. The summed E-state index contributed by atoms with van der Waals surface area (Å²) in [5.41, 5.74) is 0.914. The molecule has 1 atom stereocenters. The Labute approximate surface area is 171 Å². The van der Waals surface area contributed by atoms with Gasteiger partial charge < -0.3 is 4.74 Å². The predicted molar refractivity (Wildman–Crippen MR) is 107 cm³/mol. The number of anilines is 1. The fourth-order valence-corrected chi connectivity index (χ4v) is 2.77. The first-order valence-corrected chi connectivity index (χ1v) is 9.04. The molecule has 4 amide bonds. The second kappa shape index (κ2) is 8.66. The average molecular weight is 414 g/mol. The first kappa shape index (κ1) is 20.2. The maximum Gasteiger partial charge on any atom is 0.338 e. The van der Waals surface area contributed by atoms with Crippen molar-refractivity contribution < 1.29 is 23.9 Å². The van der Waals surface area contributed by atoms with Crippen LogP contribution in [0.15, 0.2) is 53.5 Å². The Hall–Kier alpha value is -3.52. The van der Waals surface area contributed by atoms with Crippen LogP contribution in [-0.4, -0.2) is 36.6 Å². The second-order valence-corrected chi connectivity index (χ2v) is 6.41. The summed E-state index contributed by atoms with van der Waals surface area (Å²) in [5, 5.41) is 2.57. The molecule has 1 aliphatic rings. The number of aliphatic imine (C=N–C) groups is 1. The molecule has 0 aliphatic carbocycles. The van der Waals surface area contributed by atoms with Crippen LogP contribution in [0.25, 0.3) is 0 Å². The highest BCUT2D eigenvalue weighted by molar-refractivity contribution is 6.33. The summed E-state index contributed by atoms with van der Waals surface area (Å²) in [6.07, 6.45) is 1.14. The van der Waals surface area contributed by atoms with E-state index in [0.29, 0.717) is 16.3 Å². The monoisotopic (exact) mass is 413 g/mol. The number of halogens is 1. The molecule has 1 saturated heterocycles. The average Bonchev–Trinajstić information content (AvgIpc) is 2.69. The van der Waals surface area contributed by atoms with Gasteiger partial charge in [-0.3, -0.25) is 19.9 Å². The molecule has 2 aromatic carbocycles. The standard InChI is InChI=1S/C20H16ClN3O5/c1-2-29-19(27)12-4-3-5-14(10-12)22-11-16-17(25)23-20(28)24(18(16)26)15-8-6-13(21)7-9-15/h3-11,16H,2H2,1H3,(H,23,25,28)/t16-/m0/s1. The Balaban J connectivity index is 1.84. The molecule has 148 valence electrons. The highest BCUT2D eigenvalue weighted by atomic mass is 35.5. The summed E-state index contributed by atoms with van der Waals surface area (Å²) < 4.78 is 4.93. The molecule has 0 saturated carbocycles. The fourth-order valence-electron chi connectivity index (χ4n) is 2.64. The van der Waals surface area contributed by atoms with Gasteiger partial charge in [-0.15, -0.1) is 0 Å². The number of rotatable bonds is 5. The second-order valence-electron chi connectivity index (χ2n) is 5.97. The first-order chi connectivity index (χ1) is 13.9. The lowest BCUT2D eigenvalue weighted by atomic mass is 10.1. The van der Waals surface area contributed by atoms with Crippen LogP contribution in [0, 0.1) is 5.92 Å². The number of barbiturate groups is 1. The number of carbonyl (C=O) groups is 4. The molecule has 2 aromatic rings. The highest BCUT2D eigenvalue weighted by Crippen LogP contribution is 2.23. The largest absolute Gasteiger partial charge is 0.462 e. The van der Waals surface area contributed by atoms with Crippen LogP contribution in [0.4, 0.5) is 16.2 Å². The first-order valence-electron chi connectivity index (χ1n) is 8.66. The van der Waals surface area contributed by atoms with Gasteiger partial charge in [-0.25, -0.2) is 14.5 Å². The zero-order valence-electron chi connectivity index (χ0n) is 15.3. The van der Waals surface area contributed by atoms with E-state index < -0.39 is 29.7 Å². The van der Waals surface area contributed by atoms with E-state index >= 15 is 0 Å². The Kier molecular flexibility index (Phi) is 6.04. The van der Waals surface area contributed by atoms with Gasteiger partial charge in [0.2, 0.25) is 5.91 Å². The number of nitrogens with zero attached hydrogens (tertiary/aromatic N) is 2. The number of esters is 1. The molecule has 0 spiro atoms. The van der Waals surface area contributed by atoms with Crippen molar-refractivity contribution in [1.82, 2.24) is 5.32 Å². The summed E-state index contributed by atoms with van der Waals surface area (Å²) in [4.78, 5) is 53.9. The van der Waals surface area contributed by atoms with Crippen LogP contribution in [0.3, 0.4) is 0 Å². The van der Waals surface area contributed by atoms with Gasteiger partial charge in [-0.05, 0) is 49.4 Å². The lowest BCUT2D eigenvalue weighted by Gasteiger charge is -2.28. The van der Waals surface area contributed by atoms with Crippen LogP contribution in [0.2, 0.25) is 5.02 Å². The quantitative estimate of drug-likeness (QED) is 0.460. The van der Waals surface area contributed by atoms with Crippen LogP contribution < -0.4 is 10.2 Å². The third kappa shape index (κ3) is 4.49. The van der Waals surface area contributed by atoms with E-state index in [9.17, 15) is 19.2 Å². The number of carbonyl (C=O) groups excluding carboxylic acids is 4. The zero-order valence-corrected chi connectivity index (χ0v) is 16.1. The highest BCUT2D eigenvalue weighted by Gasteiger charge is 2.40. The number of imide groups is 2. The van der Waals surface area contributed by atoms with Crippen LogP contribution in [0.5, 0.6) is 0 Å². The number of benzene rings is 2. The molecule has 29 heavy (non-hydrogen) atoms. The van der Waals surface area contributed by atoms with Gasteiger partial charge in [0.25, 0.3) is 5.91 Å². The van der Waals surface area contributed by atoms with E-state index in [0.717, 1.165) is 11.1 Å². The smallest absolute Gasteiger partial charge is 0.338 e. The number of hydrogen-bond acceptors (Lipinski definition) is 6. The van der Waals surface area contributed by atoms with Gasteiger partial charge in [-0.1, -0.05) is 17.7 Å². The van der Waals surface area contributed by atoms with Crippen molar-refractivity contribution in [2.75, 3.05) is 11.5 Å². The number of ether oxygens (including phenoxy) is 1. The predicted octanol–water partition coefficient (Wildman–Crippen LogP) is 3.12. The number of amides is 4. The number of nitrogens with one attached hydrogen (secondary N) is 1. The fraction of sp³-hybridized carbons (Fsp3) is 0.150. The van der Waals surface area contributed by atoms with Crippen molar-refractivity contribution >= 4 is 53.0 Å². The van der Waals surface area contributed by atoms with E-state index in [2.05, 4.69) is 10.3 Å². The molecule has 1 fully saturated rings. The maximum atomic E-state index is 12.8. The molecule has 0 unspecified atom stereocenters. The molecular weight excluding hydrogens is 398 g/mol. The van der Waals surface area contributed by atoms with E-state index in [4.69, 9.17) is 16.3 Å². The van der Waals surface area contributed by atoms with E-state index in [1.807, 2.05) is 0 Å². The van der Waals surface area contributed by atoms with Crippen molar-refractivity contribution in [2.45, 2.75) is 6.92 Å². The van der Waals surface area contributed by atoms with Gasteiger partial charge in [0.15, 0.2) is 5.92 Å². The molecule has 1 heterocycles. The van der Waals surface area contributed by atoms with Crippen LogP contribution in [0.1, 0.15) is 17.3 Å². The minimum Gasteiger partial charge on any atom is -0.462 e. The molecule has 3 rings (SSSR count). The summed E-state index contributed by atoms with van der Waals surface area (Å²) in [6.45, 7) is 1.93. The molecule has 0 bridgehead atoms. The van der Waals surface area contributed by atoms with Crippen molar-refractivity contribution in [2.24, 2.45) is 10.9 Å². The topological polar surface area (TPSA) is 105 Å². The molecular formula is C20H16ClN3O5. The van der Waals surface area contributed by atoms with Gasteiger partial charge in [-0.2, -0.15) is 0 Å². The third-order valence-corrected chi connectivity index (χ3v) is 4.27. The van der Waals surface area contributed by atoms with E-state index in [1.54, 1.807) is 25.1 Å². The Morgan fingerprint density at radius 3 is 2.62 bits per heavy atom. The summed E-state index contributed by atoms with van der Waals surface area (Å²) in [7, 11) is 0. The van der Waals surface area contributed by atoms with Crippen molar-refractivity contribution in [3.8, 4) is 0 Å². The molecule has 8 nitrogen and oxygen atoms in total. The van der Waals surface area contributed by atoms with Crippen LogP contribution >= 0.6 is 11.6 Å². The van der Waals surface area contributed by atoms with Gasteiger partial charge in [0.05, 0.1) is 23.5 Å². The van der Waals surface area contributed by atoms with Crippen molar-refractivity contribution in [3.63, 3.8) is 0 Å². The minimum atomic E-state index is -1.31. The van der Waals surface area contributed by atoms with Crippen molar-refractivity contribution in [1.29, 1.82) is 0 Å². The zero-order chi connectivity index (χ0) is 21.0. The van der Waals surface area contributed by atoms with E-state index in [1.165, 1.54) is 30.3 Å². The van der Waals surface area contributed by atoms with Crippen molar-refractivity contribution in [3.05, 3.63) is 59.1 Å². The Morgan fingerprint density at radius 2 is 1.93 bits per heavy atom. The van der Waals surface area contributed by atoms with Gasteiger partial charge >= 0.3 is 12.0 Å². The minimum absolute atomic E-state index is 0.234. The van der Waals surface area contributed by atoms with Crippen LogP contribution in [-0.2, 0) is 14.3 Å². The molecule has 1 aliphatic heterocycles. The van der Waals surface area contributed by atoms with Gasteiger partial charge in [0.1, 0.15) is 0 Å². The van der Waals surface area contributed by atoms with Gasteiger partial charge in [0, 0.05) is 11.2 Å². The molecule has 9 heteroatoms. The summed E-state index contributed by atoms with van der Waals surface area (Å²) in [5.74, 6) is -3.34. The lowest BCUT2D eigenvalue weighted by Crippen LogP contribution is -2.58. The Bertz CT molecular complexity index is 1000. The summed E-state index contributed by atoms with van der Waals surface area (Å²) in [6, 6.07) is 11.4. The molecule has 0 radical (unpaired) electrons. The number of hydrogen-bond donors (Lipinski definition) is 1. The molecule has 1 N–H and O–H groups in total. The normalized spacial score (nSPS) is 16.8.